The second-order valence-corrected chi connectivity index (χ2v) is 1.20. The van der Waals surface area contributed by atoms with Crippen LogP contribution in [0, 0.1) is 0 Å². The second kappa shape index (κ2) is 6.29. The van der Waals surface area contributed by atoms with Crippen LogP contribution in [0.1, 0.15) is 1.43 Å². The standard InChI is InChI=1S/Cs.H2O3Se.H/c;1-4(2)3;/h;(H2,1,2,3);/q+1;;-1. The Bertz CT molecular complexity index is 33.8. The Morgan fingerprint density at radius 3 is 1.60 bits per heavy atom. The average molecular weight is 263 g/mol. The molecule has 0 spiro atoms. The van der Waals surface area contributed by atoms with E-state index in [9.17, 15) is 0 Å². The van der Waals surface area contributed by atoms with Crippen LogP contribution in [0.2, 0.25) is 0 Å². The molecule has 28 valence electrons. The molecule has 0 aromatic rings. The molecule has 0 heterocycles. The Morgan fingerprint density at radius 2 is 1.60 bits per heavy atom. The summed E-state index contributed by atoms with van der Waals surface area (Å²) in [4.78, 5) is 0. The monoisotopic (exact) mass is 264 g/mol. The quantitative estimate of drug-likeness (QED) is 0.433. The van der Waals surface area contributed by atoms with Crippen molar-refractivity contribution >= 4 is 14.5 Å². The molecule has 0 saturated heterocycles. The molecule has 0 aromatic heterocycles. The van der Waals surface area contributed by atoms with Gasteiger partial charge in [-0.05, 0) is 0 Å². The molecule has 5 heteroatoms. The molecule has 0 rings (SSSR count). The minimum absolute atomic E-state index is 0. The van der Waals surface area contributed by atoms with E-state index in [1.807, 2.05) is 0 Å². The van der Waals surface area contributed by atoms with Gasteiger partial charge in [0.05, 0.1) is 0 Å². The van der Waals surface area contributed by atoms with Crippen molar-refractivity contribution in [2.75, 3.05) is 0 Å². The topological polar surface area (TPSA) is 57.5 Å². The van der Waals surface area contributed by atoms with Crippen molar-refractivity contribution in [3.8, 4) is 0 Å². The number of rotatable bonds is 0. The fourth-order valence-corrected chi connectivity index (χ4v) is 0. The normalized spacial score (nSPS) is 7.00. The molecule has 0 amide bonds. The van der Waals surface area contributed by atoms with E-state index in [1.54, 1.807) is 0 Å². The van der Waals surface area contributed by atoms with E-state index < -0.39 is 14.5 Å². The summed E-state index contributed by atoms with van der Waals surface area (Å²) in [6, 6.07) is 0. The maximum absolute atomic E-state index is 8.76. The third-order valence-electron chi connectivity index (χ3n) is 0. The molecular weight excluding hydrogens is 260 g/mol. The fraction of sp³-hybridized carbons (Fsp3) is 0. The SMILES string of the molecule is O=[Se](O)O.[Cs+].[H-]. The van der Waals surface area contributed by atoms with Crippen LogP contribution in [0.5, 0.6) is 0 Å². The molecule has 0 radical (unpaired) electrons. The van der Waals surface area contributed by atoms with Crippen molar-refractivity contribution in [3.05, 3.63) is 0 Å². The maximum Gasteiger partial charge on any atom is 1.00 e. The first-order chi connectivity index (χ1) is 1.73. The molecule has 0 bridgehead atoms. The van der Waals surface area contributed by atoms with Gasteiger partial charge in [-0.15, -0.1) is 0 Å². The van der Waals surface area contributed by atoms with Gasteiger partial charge in [0.1, 0.15) is 0 Å². The summed E-state index contributed by atoms with van der Waals surface area (Å²) in [5, 5.41) is 0. The van der Waals surface area contributed by atoms with Gasteiger partial charge in [0.2, 0.25) is 0 Å². The molecule has 0 aliphatic carbocycles. The van der Waals surface area contributed by atoms with Crippen LogP contribution < -0.4 is 68.9 Å². The maximum atomic E-state index is 8.76. The van der Waals surface area contributed by atoms with Crippen LogP contribution in [0.3, 0.4) is 0 Å². The van der Waals surface area contributed by atoms with Gasteiger partial charge in [-0.1, -0.05) is 0 Å². The Labute approximate surface area is 94.4 Å². The van der Waals surface area contributed by atoms with Crippen LogP contribution in [-0.2, 0) is 3.83 Å². The molecule has 0 saturated carbocycles. The minimum atomic E-state index is -3.29. The van der Waals surface area contributed by atoms with Gasteiger partial charge in [0, 0.05) is 0 Å². The second-order valence-electron chi connectivity index (χ2n) is 0.231. The van der Waals surface area contributed by atoms with Crippen LogP contribution in [0.25, 0.3) is 0 Å². The smallest absolute Gasteiger partial charge is 1.00 e. The molecule has 5 heavy (non-hydrogen) atoms. The number of hydrogen-bond donors (Lipinski definition) is 2. The predicted octanol–water partition coefficient (Wildman–Crippen LogP) is -4.50. The third kappa shape index (κ3) is 22.1. The Kier molecular flexibility index (Phi) is 13.0. The number of hydrogen-bond acceptors (Lipinski definition) is 1. The van der Waals surface area contributed by atoms with Crippen molar-refractivity contribution < 1.29 is 82.5 Å². The summed E-state index contributed by atoms with van der Waals surface area (Å²) in [5.74, 6) is 0. The van der Waals surface area contributed by atoms with Gasteiger partial charge in [0.25, 0.3) is 0 Å². The van der Waals surface area contributed by atoms with Gasteiger partial charge in [-0.25, -0.2) is 0 Å². The van der Waals surface area contributed by atoms with E-state index >= 15 is 0 Å². The van der Waals surface area contributed by atoms with Crippen molar-refractivity contribution in [2.45, 2.75) is 0 Å². The van der Waals surface area contributed by atoms with E-state index in [1.165, 1.54) is 0 Å². The first-order valence-electron chi connectivity index (χ1n) is 0.532. The summed E-state index contributed by atoms with van der Waals surface area (Å²) < 4.78 is 23.1. The molecule has 0 aromatic carbocycles. The van der Waals surface area contributed by atoms with E-state index in [4.69, 9.17) is 12.2 Å². The van der Waals surface area contributed by atoms with Crippen molar-refractivity contribution in [2.24, 2.45) is 0 Å². The Balaban J connectivity index is -0.0000000450. The van der Waals surface area contributed by atoms with Crippen LogP contribution in [0.15, 0.2) is 0 Å². The molecular formula is H3CsO3Se. The van der Waals surface area contributed by atoms with E-state index in [-0.39, 0.29) is 70.3 Å². The molecule has 0 atom stereocenters. The van der Waals surface area contributed by atoms with Gasteiger partial charge in [0.15, 0.2) is 0 Å². The zero-order valence-electron chi connectivity index (χ0n) is 3.71. The third-order valence-corrected chi connectivity index (χ3v) is 0. The fourth-order valence-electron chi connectivity index (χ4n) is 0. The molecule has 0 unspecified atom stereocenters. The van der Waals surface area contributed by atoms with Crippen molar-refractivity contribution in [1.29, 1.82) is 0 Å². The largest absolute Gasteiger partial charge is 1.00 e. The summed E-state index contributed by atoms with van der Waals surface area (Å²) in [6.07, 6.45) is 0. The first-order valence-corrected chi connectivity index (χ1v) is 2.76. The summed E-state index contributed by atoms with van der Waals surface area (Å²) in [7, 11) is 0. The van der Waals surface area contributed by atoms with Gasteiger partial charge in [-0.2, -0.15) is 0 Å². The molecule has 2 N–H and O–H groups in total. The van der Waals surface area contributed by atoms with E-state index in [2.05, 4.69) is 0 Å². The van der Waals surface area contributed by atoms with Crippen molar-refractivity contribution in [1.82, 2.24) is 0 Å². The first kappa shape index (κ1) is 10.3. The predicted molar refractivity (Wildman–Crippen MR) is 12.0 cm³/mol. The van der Waals surface area contributed by atoms with Gasteiger partial charge in [-0.3, -0.25) is 0 Å². The summed E-state index contributed by atoms with van der Waals surface area (Å²) in [5.41, 5.74) is 0. The van der Waals surface area contributed by atoms with Crippen LogP contribution in [0.4, 0.5) is 0 Å². The molecule has 0 aliphatic rings. The average Bonchev–Trinajstić information content (AvgIpc) is 0.811. The summed E-state index contributed by atoms with van der Waals surface area (Å²) in [6.45, 7) is 0. The zero-order valence-corrected chi connectivity index (χ0v) is 10.7. The van der Waals surface area contributed by atoms with E-state index in [0.29, 0.717) is 0 Å². The van der Waals surface area contributed by atoms with Crippen LogP contribution >= 0.6 is 0 Å². The molecule has 0 fully saturated rings. The van der Waals surface area contributed by atoms with Crippen LogP contribution in [-0.4, -0.2) is 22.9 Å². The molecule has 3 nitrogen and oxygen atoms in total. The Morgan fingerprint density at radius 1 is 1.60 bits per heavy atom. The molecule has 0 aliphatic heterocycles. The van der Waals surface area contributed by atoms with E-state index in [0.717, 1.165) is 0 Å². The Hall–Kier alpha value is 2.29. The minimum Gasteiger partial charge on any atom is -1.00 e. The van der Waals surface area contributed by atoms with Crippen molar-refractivity contribution in [3.63, 3.8) is 0 Å². The zero-order chi connectivity index (χ0) is 3.58. The summed E-state index contributed by atoms with van der Waals surface area (Å²) >= 11 is -3.29. The van der Waals surface area contributed by atoms with Gasteiger partial charge < -0.3 is 1.43 Å². The van der Waals surface area contributed by atoms with Gasteiger partial charge >= 0.3 is 95.6 Å².